The summed E-state index contributed by atoms with van der Waals surface area (Å²) < 4.78 is 0. The molecule has 0 aromatic heterocycles. The summed E-state index contributed by atoms with van der Waals surface area (Å²) in [6.45, 7) is 3.65. The first kappa shape index (κ1) is 5.88. The Hall–Kier alpha value is -1.25. The Bertz CT molecular complexity index is 190. The summed E-state index contributed by atoms with van der Waals surface area (Å²) >= 11 is 0. The predicted molar refractivity (Wildman–Crippen MR) is 37.7 cm³/mol. The average Bonchev–Trinajstić information content (AvgIpc) is 1.80. The molecule has 9 heavy (non-hydrogen) atoms. The standard InChI is InChI=1S/C6H9N3/c1-5-8-6(7)3-4-9(5)2/h3-4H,1H2,2H3,(H2,7,8). The Morgan fingerprint density at radius 2 is 2.44 bits per heavy atom. The maximum Gasteiger partial charge on any atom is 0.127 e. The van der Waals surface area contributed by atoms with E-state index in [1.54, 1.807) is 11.0 Å². The first-order valence-electron chi connectivity index (χ1n) is 2.64. The summed E-state index contributed by atoms with van der Waals surface area (Å²) in [5.74, 6) is 1.19. The van der Waals surface area contributed by atoms with Crippen LogP contribution in [0.3, 0.4) is 0 Å². The second-order valence-corrected chi connectivity index (χ2v) is 1.88. The Labute approximate surface area is 54.2 Å². The summed E-state index contributed by atoms with van der Waals surface area (Å²) in [5.41, 5.74) is 5.36. The summed E-state index contributed by atoms with van der Waals surface area (Å²) in [6, 6.07) is 0. The van der Waals surface area contributed by atoms with Gasteiger partial charge in [0.1, 0.15) is 11.7 Å². The number of aliphatic imine (C=N–C) groups is 1. The monoisotopic (exact) mass is 123 g/mol. The van der Waals surface area contributed by atoms with Crippen LogP contribution in [0.15, 0.2) is 29.7 Å². The molecule has 1 heterocycles. The van der Waals surface area contributed by atoms with Crippen molar-refractivity contribution in [1.29, 1.82) is 0 Å². The molecular formula is C6H9N3. The number of hydrogen-bond acceptors (Lipinski definition) is 3. The molecule has 3 heteroatoms. The van der Waals surface area contributed by atoms with Crippen molar-refractivity contribution in [3.63, 3.8) is 0 Å². The summed E-state index contributed by atoms with van der Waals surface area (Å²) in [4.78, 5) is 5.70. The Morgan fingerprint density at radius 1 is 1.78 bits per heavy atom. The van der Waals surface area contributed by atoms with E-state index in [1.807, 2.05) is 13.2 Å². The van der Waals surface area contributed by atoms with E-state index in [4.69, 9.17) is 5.73 Å². The van der Waals surface area contributed by atoms with Crippen LogP contribution in [-0.4, -0.2) is 17.8 Å². The number of amidine groups is 1. The average molecular weight is 123 g/mol. The zero-order chi connectivity index (χ0) is 6.85. The first-order valence-corrected chi connectivity index (χ1v) is 2.64. The van der Waals surface area contributed by atoms with Gasteiger partial charge in [0, 0.05) is 13.2 Å². The highest BCUT2D eigenvalue weighted by Crippen LogP contribution is 2.04. The summed E-state index contributed by atoms with van der Waals surface area (Å²) in [6.07, 6.45) is 3.55. The van der Waals surface area contributed by atoms with Crippen LogP contribution >= 0.6 is 0 Å². The zero-order valence-electron chi connectivity index (χ0n) is 5.33. The third-order valence-electron chi connectivity index (χ3n) is 1.13. The molecule has 0 unspecified atom stereocenters. The van der Waals surface area contributed by atoms with Crippen LogP contribution in [0.4, 0.5) is 0 Å². The fraction of sp³-hybridized carbons (Fsp3) is 0.167. The molecule has 1 aliphatic heterocycles. The molecule has 0 spiro atoms. The molecule has 0 aliphatic carbocycles. The minimum Gasteiger partial charge on any atom is -0.384 e. The van der Waals surface area contributed by atoms with E-state index in [-0.39, 0.29) is 0 Å². The van der Waals surface area contributed by atoms with Gasteiger partial charge in [0.25, 0.3) is 0 Å². The Balaban J connectivity index is 2.82. The van der Waals surface area contributed by atoms with E-state index in [1.165, 1.54) is 0 Å². The molecule has 0 saturated heterocycles. The van der Waals surface area contributed by atoms with Gasteiger partial charge in [-0.2, -0.15) is 0 Å². The van der Waals surface area contributed by atoms with Crippen molar-refractivity contribution in [2.75, 3.05) is 7.05 Å². The highest BCUT2D eigenvalue weighted by Gasteiger charge is 2.00. The Morgan fingerprint density at radius 3 is 2.89 bits per heavy atom. The van der Waals surface area contributed by atoms with E-state index in [9.17, 15) is 0 Å². The minimum absolute atomic E-state index is 0.512. The summed E-state index contributed by atoms with van der Waals surface area (Å²) in [5, 5.41) is 0. The van der Waals surface area contributed by atoms with Gasteiger partial charge in [-0.1, -0.05) is 6.58 Å². The van der Waals surface area contributed by atoms with Crippen LogP contribution in [0.2, 0.25) is 0 Å². The van der Waals surface area contributed by atoms with Crippen LogP contribution in [0.25, 0.3) is 0 Å². The van der Waals surface area contributed by atoms with Gasteiger partial charge < -0.3 is 10.6 Å². The molecule has 0 aromatic rings. The second-order valence-electron chi connectivity index (χ2n) is 1.88. The van der Waals surface area contributed by atoms with Crippen molar-refractivity contribution in [1.82, 2.24) is 4.90 Å². The van der Waals surface area contributed by atoms with Crippen molar-refractivity contribution in [3.05, 3.63) is 24.7 Å². The lowest BCUT2D eigenvalue weighted by molar-refractivity contribution is 0.560. The molecule has 2 N–H and O–H groups in total. The van der Waals surface area contributed by atoms with E-state index in [0.717, 1.165) is 0 Å². The molecule has 0 aromatic carbocycles. The number of hydrogen-bond donors (Lipinski definition) is 1. The fourth-order valence-electron chi connectivity index (χ4n) is 0.539. The number of nitrogens with two attached hydrogens (primary N) is 1. The van der Waals surface area contributed by atoms with Gasteiger partial charge >= 0.3 is 0 Å². The van der Waals surface area contributed by atoms with Crippen molar-refractivity contribution in [2.45, 2.75) is 0 Å². The SMILES string of the molecule is C=C1N=C(N)C=CN1C. The van der Waals surface area contributed by atoms with Gasteiger partial charge in [-0.3, -0.25) is 0 Å². The largest absolute Gasteiger partial charge is 0.384 e. The highest BCUT2D eigenvalue weighted by atomic mass is 15.2. The number of nitrogens with zero attached hydrogens (tertiary/aromatic N) is 2. The van der Waals surface area contributed by atoms with Crippen molar-refractivity contribution in [2.24, 2.45) is 10.7 Å². The molecule has 0 atom stereocenters. The highest BCUT2D eigenvalue weighted by molar-refractivity contribution is 5.92. The zero-order valence-corrected chi connectivity index (χ0v) is 5.33. The smallest absolute Gasteiger partial charge is 0.127 e. The summed E-state index contributed by atoms with van der Waals surface area (Å²) in [7, 11) is 1.87. The third-order valence-corrected chi connectivity index (χ3v) is 1.13. The van der Waals surface area contributed by atoms with Gasteiger partial charge in [0.15, 0.2) is 0 Å². The number of rotatable bonds is 0. The lowest BCUT2D eigenvalue weighted by Crippen LogP contribution is -2.19. The normalized spacial score (nSPS) is 18.1. The molecule has 1 aliphatic rings. The molecule has 0 saturated carbocycles. The van der Waals surface area contributed by atoms with Gasteiger partial charge in [0.05, 0.1) is 0 Å². The van der Waals surface area contributed by atoms with E-state index in [0.29, 0.717) is 11.7 Å². The van der Waals surface area contributed by atoms with Gasteiger partial charge in [-0.15, -0.1) is 0 Å². The topological polar surface area (TPSA) is 41.6 Å². The minimum atomic E-state index is 0.512. The third kappa shape index (κ3) is 1.10. The first-order chi connectivity index (χ1) is 4.20. The van der Waals surface area contributed by atoms with Crippen molar-refractivity contribution in [3.8, 4) is 0 Å². The molecule has 48 valence electrons. The molecule has 0 amide bonds. The van der Waals surface area contributed by atoms with E-state index in [2.05, 4.69) is 11.6 Å². The fourth-order valence-corrected chi connectivity index (χ4v) is 0.539. The van der Waals surface area contributed by atoms with Crippen molar-refractivity contribution >= 4 is 5.84 Å². The lowest BCUT2D eigenvalue weighted by atomic mass is 10.4. The van der Waals surface area contributed by atoms with E-state index >= 15 is 0 Å². The van der Waals surface area contributed by atoms with Gasteiger partial charge in [0.2, 0.25) is 0 Å². The van der Waals surface area contributed by atoms with Crippen LogP contribution in [-0.2, 0) is 0 Å². The maximum absolute atomic E-state index is 5.36. The maximum atomic E-state index is 5.36. The van der Waals surface area contributed by atoms with Crippen LogP contribution in [0, 0.1) is 0 Å². The molecule has 3 nitrogen and oxygen atoms in total. The predicted octanol–water partition coefficient (Wildman–Crippen LogP) is 0.274. The quantitative estimate of drug-likeness (QED) is 0.502. The lowest BCUT2D eigenvalue weighted by Gasteiger charge is -2.16. The van der Waals surface area contributed by atoms with Crippen LogP contribution < -0.4 is 5.73 Å². The van der Waals surface area contributed by atoms with Gasteiger partial charge in [-0.25, -0.2) is 4.99 Å². The Kier molecular flexibility index (Phi) is 1.26. The van der Waals surface area contributed by atoms with Crippen LogP contribution in [0.5, 0.6) is 0 Å². The van der Waals surface area contributed by atoms with E-state index < -0.39 is 0 Å². The molecule has 0 fully saturated rings. The van der Waals surface area contributed by atoms with Crippen molar-refractivity contribution < 1.29 is 0 Å². The van der Waals surface area contributed by atoms with Gasteiger partial charge in [-0.05, 0) is 6.08 Å². The molecule has 0 radical (unpaired) electrons. The second kappa shape index (κ2) is 1.93. The molecule has 0 bridgehead atoms. The van der Waals surface area contributed by atoms with Crippen LogP contribution in [0.1, 0.15) is 0 Å². The molecular weight excluding hydrogens is 114 g/mol. The molecule has 1 rings (SSSR count).